The SMILES string of the molecule is Cn1ccc2cc(-c3ccc4c(c3)Oc3cc(-c5ccc6c(ccn6C)c5)ccc3N4)ccc21. The summed E-state index contributed by atoms with van der Waals surface area (Å²) in [5.74, 6) is 1.68. The summed E-state index contributed by atoms with van der Waals surface area (Å²) in [5, 5.41) is 6.01. The number of hydrogen-bond donors (Lipinski definition) is 1. The zero-order valence-corrected chi connectivity index (χ0v) is 19.0. The number of nitrogens with zero attached hydrogens (tertiary/aromatic N) is 2. The minimum atomic E-state index is 0.842. The molecule has 7 rings (SSSR count). The van der Waals surface area contributed by atoms with Crippen molar-refractivity contribution < 1.29 is 4.74 Å². The topological polar surface area (TPSA) is 31.1 Å². The van der Waals surface area contributed by atoms with Gasteiger partial charge in [0, 0.05) is 48.3 Å². The quantitative estimate of drug-likeness (QED) is 0.296. The van der Waals surface area contributed by atoms with Crippen LogP contribution in [-0.2, 0) is 14.1 Å². The smallest absolute Gasteiger partial charge is 0.151 e. The highest BCUT2D eigenvalue weighted by Crippen LogP contribution is 2.45. The first-order chi connectivity index (χ1) is 16.6. The molecule has 164 valence electrons. The van der Waals surface area contributed by atoms with E-state index in [2.05, 4.69) is 126 Å². The van der Waals surface area contributed by atoms with E-state index in [0.29, 0.717) is 0 Å². The van der Waals surface area contributed by atoms with Gasteiger partial charge in [-0.2, -0.15) is 0 Å². The summed E-state index contributed by atoms with van der Waals surface area (Å²) in [4.78, 5) is 0. The van der Waals surface area contributed by atoms with E-state index in [4.69, 9.17) is 4.74 Å². The Balaban J connectivity index is 1.24. The first-order valence-corrected chi connectivity index (χ1v) is 11.5. The van der Waals surface area contributed by atoms with Gasteiger partial charge in [-0.3, -0.25) is 0 Å². The van der Waals surface area contributed by atoms with Gasteiger partial charge in [-0.25, -0.2) is 0 Å². The first-order valence-electron chi connectivity index (χ1n) is 11.5. The number of anilines is 2. The van der Waals surface area contributed by atoms with E-state index < -0.39 is 0 Å². The zero-order valence-electron chi connectivity index (χ0n) is 19.0. The van der Waals surface area contributed by atoms with Crippen molar-refractivity contribution in [2.45, 2.75) is 0 Å². The van der Waals surface area contributed by atoms with Crippen LogP contribution in [0.5, 0.6) is 11.5 Å². The van der Waals surface area contributed by atoms with Gasteiger partial charge in [0.05, 0.1) is 11.4 Å². The molecular formula is C30H23N3O. The van der Waals surface area contributed by atoms with E-state index in [9.17, 15) is 0 Å². The summed E-state index contributed by atoms with van der Waals surface area (Å²) in [7, 11) is 4.15. The van der Waals surface area contributed by atoms with E-state index in [1.807, 2.05) is 0 Å². The molecule has 0 aliphatic carbocycles. The Morgan fingerprint density at radius 1 is 0.529 bits per heavy atom. The molecule has 0 saturated carbocycles. The van der Waals surface area contributed by atoms with Crippen LogP contribution in [0.4, 0.5) is 11.4 Å². The van der Waals surface area contributed by atoms with Crippen LogP contribution in [0.3, 0.4) is 0 Å². The van der Waals surface area contributed by atoms with Gasteiger partial charge < -0.3 is 19.2 Å². The Kier molecular flexibility index (Phi) is 3.94. The number of fused-ring (bicyclic) bond motifs is 4. The molecule has 2 aromatic heterocycles. The molecule has 4 aromatic carbocycles. The average Bonchev–Trinajstić information content (AvgIpc) is 3.43. The molecule has 0 amide bonds. The van der Waals surface area contributed by atoms with Crippen LogP contribution >= 0.6 is 0 Å². The monoisotopic (exact) mass is 441 g/mol. The fraction of sp³-hybridized carbons (Fsp3) is 0.0667. The molecule has 0 unspecified atom stereocenters. The minimum Gasteiger partial charge on any atom is -0.453 e. The molecule has 6 aromatic rings. The van der Waals surface area contributed by atoms with E-state index >= 15 is 0 Å². The molecule has 0 spiro atoms. The summed E-state index contributed by atoms with van der Waals surface area (Å²) in [5.41, 5.74) is 9.07. The summed E-state index contributed by atoms with van der Waals surface area (Å²) in [6.07, 6.45) is 4.19. The van der Waals surface area contributed by atoms with Gasteiger partial charge in [-0.05, 0) is 82.9 Å². The molecule has 4 nitrogen and oxygen atoms in total. The van der Waals surface area contributed by atoms with Gasteiger partial charge in [0.1, 0.15) is 0 Å². The molecule has 0 fully saturated rings. The molecule has 1 N–H and O–H groups in total. The van der Waals surface area contributed by atoms with E-state index in [0.717, 1.165) is 34.0 Å². The maximum atomic E-state index is 6.41. The third-order valence-electron chi connectivity index (χ3n) is 6.89. The Morgan fingerprint density at radius 2 is 0.971 bits per heavy atom. The lowest BCUT2D eigenvalue weighted by atomic mass is 10.0. The number of nitrogens with one attached hydrogen (secondary N) is 1. The Hall–Kier alpha value is -4.44. The molecule has 0 radical (unpaired) electrons. The van der Waals surface area contributed by atoms with Crippen molar-refractivity contribution in [2.24, 2.45) is 14.1 Å². The number of hydrogen-bond acceptors (Lipinski definition) is 2. The van der Waals surface area contributed by atoms with Gasteiger partial charge >= 0.3 is 0 Å². The number of aromatic nitrogens is 2. The highest BCUT2D eigenvalue weighted by atomic mass is 16.5. The second-order valence-corrected chi connectivity index (χ2v) is 9.05. The molecule has 1 aliphatic rings. The van der Waals surface area contributed by atoms with Crippen LogP contribution in [-0.4, -0.2) is 9.13 Å². The molecular weight excluding hydrogens is 418 g/mol. The lowest BCUT2D eigenvalue weighted by molar-refractivity contribution is 0.481. The molecule has 0 bridgehead atoms. The van der Waals surface area contributed by atoms with Crippen molar-refractivity contribution in [3.05, 3.63) is 97.3 Å². The second kappa shape index (κ2) is 7.03. The van der Waals surface area contributed by atoms with E-state index in [-0.39, 0.29) is 0 Å². The van der Waals surface area contributed by atoms with Crippen LogP contribution < -0.4 is 10.1 Å². The molecule has 0 atom stereocenters. The van der Waals surface area contributed by atoms with Crippen molar-refractivity contribution in [3.8, 4) is 33.8 Å². The van der Waals surface area contributed by atoms with E-state index in [1.165, 1.54) is 32.9 Å². The number of aryl methyl sites for hydroxylation is 2. The summed E-state index contributed by atoms with van der Waals surface area (Å²) < 4.78 is 10.7. The normalized spacial score (nSPS) is 12.3. The average molecular weight is 442 g/mol. The maximum Gasteiger partial charge on any atom is 0.151 e. The van der Waals surface area contributed by atoms with Gasteiger partial charge in [-0.1, -0.05) is 24.3 Å². The lowest BCUT2D eigenvalue weighted by Gasteiger charge is -2.23. The molecule has 1 aliphatic heterocycles. The predicted octanol–water partition coefficient (Wildman–Crippen LogP) is 7.85. The molecule has 0 saturated heterocycles. The number of benzene rings is 4. The van der Waals surface area contributed by atoms with Crippen LogP contribution in [0.1, 0.15) is 0 Å². The van der Waals surface area contributed by atoms with Crippen LogP contribution in [0.2, 0.25) is 0 Å². The summed E-state index contributed by atoms with van der Waals surface area (Å²) in [6, 6.07) is 30.2. The number of ether oxygens (including phenoxy) is 1. The molecule has 4 heteroatoms. The van der Waals surface area contributed by atoms with Crippen LogP contribution in [0.15, 0.2) is 97.3 Å². The lowest BCUT2D eigenvalue weighted by Crippen LogP contribution is -2.03. The third-order valence-corrected chi connectivity index (χ3v) is 6.89. The summed E-state index contributed by atoms with van der Waals surface area (Å²) >= 11 is 0. The van der Waals surface area contributed by atoms with Crippen LogP contribution in [0.25, 0.3) is 44.1 Å². The van der Waals surface area contributed by atoms with E-state index in [1.54, 1.807) is 0 Å². The number of rotatable bonds is 2. The molecule has 34 heavy (non-hydrogen) atoms. The minimum absolute atomic E-state index is 0.842. The maximum absolute atomic E-state index is 6.41. The van der Waals surface area contributed by atoms with Gasteiger partial charge in [0.15, 0.2) is 11.5 Å². The van der Waals surface area contributed by atoms with Gasteiger partial charge in [-0.15, -0.1) is 0 Å². The fourth-order valence-corrected chi connectivity index (χ4v) is 4.97. The van der Waals surface area contributed by atoms with Gasteiger partial charge in [0.2, 0.25) is 0 Å². The highest BCUT2D eigenvalue weighted by Gasteiger charge is 2.18. The Labute approximate surface area is 197 Å². The van der Waals surface area contributed by atoms with Gasteiger partial charge in [0.25, 0.3) is 0 Å². The predicted molar refractivity (Wildman–Crippen MR) is 140 cm³/mol. The van der Waals surface area contributed by atoms with Crippen molar-refractivity contribution in [3.63, 3.8) is 0 Å². The van der Waals surface area contributed by atoms with Crippen LogP contribution in [0, 0.1) is 0 Å². The van der Waals surface area contributed by atoms with Crippen molar-refractivity contribution in [1.29, 1.82) is 0 Å². The third kappa shape index (κ3) is 2.92. The second-order valence-electron chi connectivity index (χ2n) is 9.05. The highest BCUT2D eigenvalue weighted by molar-refractivity contribution is 5.89. The largest absolute Gasteiger partial charge is 0.453 e. The fourth-order valence-electron chi connectivity index (χ4n) is 4.97. The zero-order chi connectivity index (χ0) is 22.8. The van der Waals surface area contributed by atoms with Crippen molar-refractivity contribution in [1.82, 2.24) is 9.13 Å². The molecule has 3 heterocycles. The Bertz CT molecular complexity index is 1610. The summed E-state index contributed by atoms with van der Waals surface area (Å²) in [6.45, 7) is 0. The standard InChI is InChI=1S/C30H23N3O/c1-32-13-11-23-15-19(5-9-27(23)32)21-3-7-25-29(17-21)34-30-18-22(4-8-26(30)31-25)20-6-10-28-24(16-20)12-14-33(28)2/h3-18,31H,1-2H3. The Morgan fingerprint density at radius 3 is 1.47 bits per heavy atom. The van der Waals surface area contributed by atoms with Crippen molar-refractivity contribution in [2.75, 3.05) is 5.32 Å². The first kappa shape index (κ1) is 19.1. The van der Waals surface area contributed by atoms with Crippen molar-refractivity contribution >= 4 is 33.2 Å².